The normalized spacial score (nSPS) is 10.3. The first-order valence-corrected chi connectivity index (χ1v) is 10.4. The SMILES string of the molecule is CCOc1cc(C(=O)Nc2ccccc2Oc2ccccc2)cc(OCC)c1OCC. The molecule has 0 fully saturated rings. The van der Waals surface area contributed by atoms with Crippen LogP contribution in [0, 0.1) is 0 Å². The lowest BCUT2D eigenvalue weighted by molar-refractivity contribution is 0.102. The van der Waals surface area contributed by atoms with Crippen molar-refractivity contribution in [3.63, 3.8) is 0 Å². The number of ether oxygens (including phenoxy) is 4. The van der Waals surface area contributed by atoms with Crippen LogP contribution in [0.5, 0.6) is 28.7 Å². The smallest absolute Gasteiger partial charge is 0.256 e. The minimum absolute atomic E-state index is 0.311. The Bertz CT molecular complexity index is 977. The Hall–Kier alpha value is -3.67. The van der Waals surface area contributed by atoms with E-state index < -0.39 is 0 Å². The number of amides is 1. The third kappa shape index (κ3) is 5.69. The summed E-state index contributed by atoms with van der Waals surface area (Å²) in [6.45, 7) is 6.96. The summed E-state index contributed by atoms with van der Waals surface area (Å²) >= 11 is 0. The van der Waals surface area contributed by atoms with Crippen LogP contribution < -0.4 is 24.3 Å². The summed E-state index contributed by atoms with van der Waals surface area (Å²) in [5, 5.41) is 2.92. The first-order chi connectivity index (χ1) is 15.2. The summed E-state index contributed by atoms with van der Waals surface area (Å²) in [6.07, 6.45) is 0. The van der Waals surface area contributed by atoms with Crippen LogP contribution in [0.2, 0.25) is 0 Å². The summed E-state index contributed by atoms with van der Waals surface area (Å²) in [5.74, 6) is 2.35. The minimum Gasteiger partial charge on any atom is -0.490 e. The van der Waals surface area contributed by atoms with Gasteiger partial charge in [0.05, 0.1) is 25.5 Å². The average molecular weight is 421 g/mol. The second kappa shape index (κ2) is 10.9. The fourth-order valence-corrected chi connectivity index (χ4v) is 2.99. The second-order valence-corrected chi connectivity index (χ2v) is 6.47. The van der Waals surface area contributed by atoms with E-state index in [1.165, 1.54) is 0 Å². The highest BCUT2D eigenvalue weighted by Crippen LogP contribution is 2.39. The summed E-state index contributed by atoms with van der Waals surface area (Å²) in [6, 6.07) is 20.0. The second-order valence-electron chi connectivity index (χ2n) is 6.47. The van der Waals surface area contributed by atoms with Crippen molar-refractivity contribution in [2.75, 3.05) is 25.1 Å². The number of para-hydroxylation sites is 3. The van der Waals surface area contributed by atoms with Gasteiger partial charge in [-0.2, -0.15) is 0 Å². The summed E-state index contributed by atoms with van der Waals surface area (Å²) < 4.78 is 23.1. The Morgan fingerprint density at radius 2 is 1.32 bits per heavy atom. The molecule has 0 atom stereocenters. The monoisotopic (exact) mass is 421 g/mol. The molecule has 6 heteroatoms. The molecule has 162 valence electrons. The van der Waals surface area contributed by atoms with Gasteiger partial charge in [-0.3, -0.25) is 4.79 Å². The van der Waals surface area contributed by atoms with E-state index in [4.69, 9.17) is 18.9 Å². The van der Waals surface area contributed by atoms with Crippen LogP contribution in [0.25, 0.3) is 0 Å². The van der Waals surface area contributed by atoms with Gasteiger partial charge in [-0.05, 0) is 57.2 Å². The molecular formula is C25H27NO5. The maximum Gasteiger partial charge on any atom is 0.256 e. The van der Waals surface area contributed by atoms with Gasteiger partial charge < -0.3 is 24.3 Å². The van der Waals surface area contributed by atoms with Crippen molar-refractivity contribution < 1.29 is 23.7 Å². The van der Waals surface area contributed by atoms with Crippen molar-refractivity contribution in [3.8, 4) is 28.7 Å². The lowest BCUT2D eigenvalue weighted by Crippen LogP contribution is -2.14. The van der Waals surface area contributed by atoms with E-state index >= 15 is 0 Å². The number of benzene rings is 3. The molecule has 31 heavy (non-hydrogen) atoms. The zero-order valence-electron chi connectivity index (χ0n) is 18.0. The molecule has 0 spiro atoms. The molecule has 3 aromatic rings. The molecule has 0 saturated heterocycles. The highest BCUT2D eigenvalue weighted by atomic mass is 16.5. The number of carbonyl (C=O) groups is 1. The van der Waals surface area contributed by atoms with E-state index in [0.29, 0.717) is 59.8 Å². The van der Waals surface area contributed by atoms with Crippen LogP contribution >= 0.6 is 0 Å². The molecule has 0 aliphatic heterocycles. The van der Waals surface area contributed by atoms with Crippen molar-refractivity contribution >= 4 is 11.6 Å². The summed E-state index contributed by atoms with van der Waals surface area (Å²) in [7, 11) is 0. The summed E-state index contributed by atoms with van der Waals surface area (Å²) in [5.41, 5.74) is 0.950. The Kier molecular flexibility index (Phi) is 7.76. The molecule has 0 bridgehead atoms. The van der Waals surface area contributed by atoms with Crippen molar-refractivity contribution in [2.24, 2.45) is 0 Å². The van der Waals surface area contributed by atoms with E-state index in [2.05, 4.69) is 5.32 Å². The highest BCUT2D eigenvalue weighted by molar-refractivity contribution is 6.05. The van der Waals surface area contributed by atoms with Crippen molar-refractivity contribution in [1.29, 1.82) is 0 Å². The maximum absolute atomic E-state index is 13.1. The molecule has 3 rings (SSSR count). The Labute approximate surface area is 182 Å². The van der Waals surface area contributed by atoms with E-state index in [1.807, 2.05) is 63.2 Å². The predicted octanol–water partition coefficient (Wildman–Crippen LogP) is 5.93. The van der Waals surface area contributed by atoms with Crippen molar-refractivity contribution in [2.45, 2.75) is 20.8 Å². The van der Waals surface area contributed by atoms with E-state index in [0.717, 1.165) is 0 Å². The lowest BCUT2D eigenvalue weighted by atomic mass is 10.1. The molecule has 0 aromatic heterocycles. The fraction of sp³-hybridized carbons (Fsp3) is 0.240. The molecule has 6 nitrogen and oxygen atoms in total. The van der Waals surface area contributed by atoms with Gasteiger partial charge in [-0.25, -0.2) is 0 Å². The molecule has 3 aromatic carbocycles. The van der Waals surface area contributed by atoms with Gasteiger partial charge in [-0.15, -0.1) is 0 Å². The Balaban J connectivity index is 1.90. The van der Waals surface area contributed by atoms with Gasteiger partial charge in [0.1, 0.15) is 5.75 Å². The van der Waals surface area contributed by atoms with Crippen molar-refractivity contribution in [1.82, 2.24) is 0 Å². The average Bonchev–Trinajstić information content (AvgIpc) is 2.78. The molecule has 0 radical (unpaired) electrons. The van der Waals surface area contributed by atoms with E-state index in [9.17, 15) is 4.79 Å². The maximum atomic E-state index is 13.1. The van der Waals surface area contributed by atoms with Gasteiger partial charge in [-0.1, -0.05) is 30.3 Å². The summed E-state index contributed by atoms with van der Waals surface area (Å²) in [4.78, 5) is 13.1. The van der Waals surface area contributed by atoms with Gasteiger partial charge in [0.25, 0.3) is 5.91 Å². The first kappa shape index (κ1) is 22.0. The standard InChI is InChI=1S/C25H27NO5/c1-4-28-22-16-18(17-23(29-5-2)24(22)30-6-3)25(27)26-20-14-10-11-15-21(20)31-19-12-8-7-9-13-19/h7-17H,4-6H2,1-3H3,(H,26,27). The lowest BCUT2D eigenvalue weighted by Gasteiger charge is -2.17. The number of rotatable bonds is 10. The van der Waals surface area contributed by atoms with Crippen LogP contribution in [0.4, 0.5) is 5.69 Å². The van der Waals surface area contributed by atoms with E-state index in [1.54, 1.807) is 24.3 Å². The number of anilines is 1. The number of hydrogen-bond acceptors (Lipinski definition) is 5. The van der Waals surface area contributed by atoms with Crippen LogP contribution in [-0.2, 0) is 0 Å². The number of carbonyl (C=O) groups excluding carboxylic acids is 1. The Morgan fingerprint density at radius 3 is 1.94 bits per heavy atom. The van der Waals surface area contributed by atoms with Gasteiger partial charge in [0, 0.05) is 5.56 Å². The first-order valence-electron chi connectivity index (χ1n) is 10.4. The fourth-order valence-electron chi connectivity index (χ4n) is 2.99. The number of hydrogen-bond donors (Lipinski definition) is 1. The minimum atomic E-state index is -0.311. The van der Waals surface area contributed by atoms with E-state index in [-0.39, 0.29) is 5.91 Å². The Morgan fingerprint density at radius 1 is 0.742 bits per heavy atom. The molecule has 0 aliphatic carbocycles. The molecule has 0 saturated carbocycles. The zero-order chi connectivity index (χ0) is 22.1. The van der Waals surface area contributed by atoms with Crippen LogP contribution in [0.3, 0.4) is 0 Å². The third-order valence-electron chi connectivity index (χ3n) is 4.28. The molecule has 1 N–H and O–H groups in total. The zero-order valence-corrected chi connectivity index (χ0v) is 18.0. The van der Waals surface area contributed by atoms with Crippen molar-refractivity contribution in [3.05, 3.63) is 72.3 Å². The van der Waals surface area contributed by atoms with Crippen LogP contribution in [-0.4, -0.2) is 25.7 Å². The largest absolute Gasteiger partial charge is 0.490 e. The topological polar surface area (TPSA) is 66.0 Å². The highest BCUT2D eigenvalue weighted by Gasteiger charge is 2.19. The van der Waals surface area contributed by atoms with Crippen LogP contribution in [0.15, 0.2) is 66.7 Å². The molecular weight excluding hydrogens is 394 g/mol. The number of nitrogens with one attached hydrogen (secondary N) is 1. The predicted molar refractivity (Wildman–Crippen MR) is 121 cm³/mol. The quantitative estimate of drug-likeness (QED) is 0.440. The van der Waals surface area contributed by atoms with Crippen LogP contribution in [0.1, 0.15) is 31.1 Å². The third-order valence-corrected chi connectivity index (χ3v) is 4.28. The molecule has 0 heterocycles. The van der Waals surface area contributed by atoms with Gasteiger partial charge >= 0.3 is 0 Å². The molecule has 0 aliphatic rings. The molecule has 0 unspecified atom stereocenters. The molecule has 1 amide bonds. The van der Waals surface area contributed by atoms with Gasteiger partial charge in [0.15, 0.2) is 17.2 Å². The van der Waals surface area contributed by atoms with Gasteiger partial charge in [0.2, 0.25) is 5.75 Å².